The Bertz CT molecular complexity index is 513. The van der Waals surface area contributed by atoms with E-state index in [4.69, 9.17) is 4.52 Å². The number of anilines is 1. The molecule has 3 heterocycles. The van der Waals surface area contributed by atoms with Gasteiger partial charge >= 0.3 is 0 Å². The third-order valence-corrected chi connectivity index (χ3v) is 2.68. The zero-order chi connectivity index (χ0) is 11.8. The second-order valence-corrected chi connectivity index (χ2v) is 4.19. The lowest BCUT2D eigenvalue weighted by molar-refractivity contribution is 0.313. The maximum atomic E-state index is 5.12. The van der Waals surface area contributed by atoms with E-state index in [0.29, 0.717) is 23.6 Å². The van der Waals surface area contributed by atoms with Crippen molar-refractivity contribution in [3.05, 3.63) is 6.20 Å². The average molecular weight is 235 g/mol. The van der Waals surface area contributed by atoms with Gasteiger partial charge in [0.15, 0.2) is 5.69 Å². The smallest absolute Gasteiger partial charge is 0.281 e. The van der Waals surface area contributed by atoms with Crippen LogP contribution in [0.1, 0.15) is 6.04 Å². The highest BCUT2D eigenvalue weighted by Crippen LogP contribution is 2.18. The van der Waals surface area contributed by atoms with Crippen molar-refractivity contribution in [3.63, 3.8) is 0 Å². The van der Waals surface area contributed by atoms with Crippen molar-refractivity contribution >= 4 is 5.95 Å². The third kappa shape index (κ3) is 1.76. The van der Waals surface area contributed by atoms with Crippen molar-refractivity contribution in [2.45, 2.75) is 6.04 Å². The SMILES string of the molecule is CN(C)c1noc(-c2cn(C3CNC3)nn2)n1. The second-order valence-electron chi connectivity index (χ2n) is 4.19. The Hall–Kier alpha value is -1.96. The Balaban J connectivity index is 1.84. The molecule has 0 radical (unpaired) electrons. The number of nitrogens with zero attached hydrogens (tertiary/aromatic N) is 6. The van der Waals surface area contributed by atoms with E-state index >= 15 is 0 Å². The number of nitrogens with one attached hydrogen (secondary N) is 1. The minimum absolute atomic E-state index is 0.382. The quantitative estimate of drug-likeness (QED) is 0.770. The largest absolute Gasteiger partial charge is 0.344 e. The summed E-state index contributed by atoms with van der Waals surface area (Å²) in [5.41, 5.74) is 0.609. The Morgan fingerprint density at radius 1 is 1.47 bits per heavy atom. The van der Waals surface area contributed by atoms with E-state index in [1.165, 1.54) is 0 Å². The van der Waals surface area contributed by atoms with Crippen LogP contribution >= 0.6 is 0 Å². The van der Waals surface area contributed by atoms with Gasteiger partial charge in [-0.1, -0.05) is 5.21 Å². The predicted molar refractivity (Wildman–Crippen MR) is 59.5 cm³/mol. The summed E-state index contributed by atoms with van der Waals surface area (Å²) < 4.78 is 6.95. The van der Waals surface area contributed by atoms with E-state index in [0.717, 1.165) is 13.1 Å². The highest BCUT2D eigenvalue weighted by Gasteiger charge is 2.21. The molecular weight excluding hydrogens is 222 g/mol. The van der Waals surface area contributed by atoms with E-state index in [1.54, 1.807) is 4.90 Å². The lowest BCUT2D eigenvalue weighted by Crippen LogP contribution is -2.43. The van der Waals surface area contributed by atoms with E-state index < -0.39 is 0 Å². The molecule has 1 fully saturated rings. The van der Waals surface area contributed by atoms with E-state index in [-0.39, 0.29) is 0 Å². The Morgan fingerprint density at radius 2 is 2.29 bits per heavy atom. The van der Waals surface area contributed by atoms with Gasteiger partial charge in [0, 0.05) is 27.2 Å². The summed E-state index contributed by atoms with van der Waals surface area (Å²) in [6.07, 6.45) is 1.83. The second kappa shape index (κ2) is 3.81. The highest BCUT2D eigenvalue weighted by atomic mass is 16.5. The van der Waals surface area contributed by atoms with Crippen LogP contribution in [-0.4, -0.2) is 52.3 Å². The molecule has 2 aromatic rings. The van der Waals surface area contributed by atoms with Gasteiger partial charge in [0.25, 0.3) is 11.8 Å². The van der Waals surface area contributed by atoms with Crippen LogP contribution in [0.3, 0.4) is 0 Å². The van der Waals surface area contributed by atoms with Gasteiger partial charge in [0.2, 0.25) is 0 Å². The van der Waals surface area contributed by atoms with Crippen molar-refractivity contribution in [1.82, 2.24) is 30.5 Å². The van der Waals surface area contributed by atoms with Crippen LogP contribution in [0.4, 0.5) is 5.95 Å². The first kappa shape index (κ1) is 10.2. The Morgan fingerprint density at radius 3 is 2.88 bits per heavy atom. The maximum absolute atomic E-state index is 5.12. The third-order valence-electron chi connectivity index (χ3n) is 2.68. The fraction of sp³-hybridized carbons (Fsp3) is 0.556. The highest BCUT2D eigenvalue weighted by molar-refractivity contribution is 5.46. The summed E-state index contributed by atoms with van der Waals surface area (Å²) in [5, 5.41) is 15.1. The summed E-state index contributed by atoms with van der Waals surface area (Å²) in [6, 6.07) is 0.382. The minimum atomic E-state index is 0.382. The van der Waals surface area contributed by atoms with Crippen LogP contribution in [0.5, 0.6) is 0 Å². The van der Waals surface area contributed by atoms with E-state index in [9.17, 15) is 0 Å². The van der Waals surface area contributed by atoms with E-state index in [1.807, 2.05) is 25.0 Å². The van der Waals surface area contributed by atoms with Crippen molar-refractivity contribution in [2.75, 3.05) is 32.1 Å². The summed E-state index contributed by atoms with van der Waals surface area (Å²) in [7, 11) is 3.71. The summed E-state index contributed by atoms with van der Waals surface area (Å²) in [4.78, 5) is 5.98. The first-order valence-electron chi connectivity index (χ1n) is 5.38. The number of hydrogen-bond acceptors (Lipinski definition) is 7. The Kier molecular flexibility index (Phi) is 2.29. The molecule has 1 aliphatic rings. The fourth-order valence-electron chi connectivity index (χ4n) is 1.52. The molecular formula is C9H13N7O. The molecule has 0 aliphatic carbocycles. The zero-order valence-electron chi connectivity index (χ0n) is 9.66. The molecule has 8 nitrogen and oxygen atoms in total. The van der Waals surface area contributed by atoms with Crippen LogP contribution in [0.2, 0.25) is 0 Å². The lowest BCUT2D eigenvalue weighted by atomic mass is 10.2. The molecule has 0 amide bonds. The normalized spacial score (nSPS) is 15.9. The molecule has 0 bridgehead atoms. The standard InChI is InChI=1S/C9H13N7O/c1-15(2)9-11-8(17-13-9)7-5-16(14-12-7)6-3-10-4-6/h5-6,10H,3-4H2,1-2H3. The molecule has 0 unspecified atom stereocenters. The summed E-state index contributed by atoms with van der Waals surface area (Å²) >= 11 is 0. The van der Waals surface area contributed by atoms with Gasteiger partial charge < -0.3 is 14.7 Å². The molecule has 1 N–H and O–H groups in total. The van der Waals surface area contributed by atoms with Gasteiger partial charge in [-0.2, -0.15) is 4.98 Å². The molecule has 1 aliphatic heterocycles. The van der Waals surface area contributed by atoms with Gasteiger partial charge in [-0.05, 0) is 5.16 Å². The van der Waals surface area contributed by atoms with Crippen molar-refractivity contribution < 1.29 is 4.52 Å². The van der Waals surface area contributed by atoms with E-state index in [2.05, 4.69) is 25.8 Å². The molecule has 90 valence electrons. The predicted octanol–water partition coefficient (Wildman–Crippen LogP) is -0.462. The van der Waals surface area contributed by atoms with Gasteiger partial charge in [-0.3, -0.25) is 0 Å². The molecule has 0 atom stereocenters. The van der Waals surface area contributed by atoms with Crippen LogP contribution in [-0.2, 0) is 0 Å². The van der Waals surface area contributed by atoms with Gasteiger partial charge in [-0.15, -0.1) is 5.10 Å². The number of rotatable bonds is 3. The number of aromatic nitrogens is 5. The average Bonchev–Trinajstić information content (AvgIpc) is 2.80. The van der Waals surface area contributed by atoms with Crippen molar-refractivity contribution in [3.8, 4) is 11.6 Å². The first-order chi connectivity index (χ1) is 8.24. The lowest BCUT2D eigenvalue weighted by Gasteiger charge is -2.26. The molecule has 0 spiro atoms. The molecule has 3 rings (SSSR count). The topological polar surface area (TPSA) is 84.9 Å². The maximum Gasteiger partial charge on any atom is 0.281 e. The molecule has 1 saturated heterocycles. The summed E-state index contributed by atoms with van der Waals surface area (Å²) in [5.74, 6) is 0.923. The van der Waals surface area contributed by atoms with Crippen molar-refractivity contribution in [1.29, 1.82) is 0 Å². The number of hydrogen-bond donors (Lipinski definition) is 1. The van der Waals surface area contributed by atoms with Gasteiger partial charge in [-0.25, -0.2) is 4.68 Å². The zero-order valence-corrected chi connectivity index (χ0v) is 9.66. The minimum Gasteiger partial charge on any atom is -0.344 e. The molecule has 0 saturated carbocycles. The molecule has 8 heteroatoms. The fourth-order valence-corrected chi connectivity index (χ4v) is 1.52. The summed E-state index contributed by atoms with van der Waals surface area (Å²) in [6.45, 7) is 1.85. The van der Waals surface area contributed by atoms with Gasteiger partial charge in [0.1, 0.15) is 0 Å². The van der Waals surface area contributed by atoms with Crippen LogP contribution in [0.25, 0.3) is 11.6 Å². The molecule has 2 aromatic heterocycles. The monoisotopic (exact) mass is 235 g/mol. The van der Waals surface area contributed by atoms with Crippen LogP contribution in [0.15, 0.2) is 10.7 Å². The van der Waals surface area contributed by atoms with Crippen LogP contribution < -0.4 is 10.2 Å². The van der Waals surface area contributed by atoms with Gasteiger partial charge in [0.05, 0.1) is 12.2 Å². The molecule has 0 aromatic carbocycles. The first-order valence-corrected chi connectivity index (χ1v) is 5.38. The Labute approximate surface area is 97.6 Å². The van der Waals surface area contributed by atoms with Crippen molar-refractivity contribution in [2.24, 2.45) is 0 Å². The molecule has 17 heavy (non-hydrogen) atoms. The van der Waals surface area contributed by atoms with Crippen LogP contribution in [0, 0.1) is 0 Å².